The number of anilines is 1. The Hall–Kier alpha value is -0.640. The Labute approximate surface area is 82.5 Å². The second-order valence-electron chi connectivity index (χ2n) is 3.95. The van der Waals surface area contributed by atoms with Crippen LogP contribution < -0.4 is 5.73 Å². The molecular weight excluding hydrogens is 182 g/mol. The monoisotopic (exact) mass is 197 g/mol. The second-order valence-corrected chi connectivity index (χ2v) is 4.73. The SMILES string of the molecule is CC1CCC(c2nc(N)ns2)CC1. The third-order valence-corrected chi connectivity index (χ3v) is 3.71. The van der Waals surface area contributed by atoms with Gasteiger partial charge in [-0.1, -0.05) is 19.8 Å². The Morgan fingerprint density at radius 3 is 2.54 bits per heavy atom. The van der Waals surface area contributed by atoms with Gasteiger partial charge in [-0.3, -0.25) is 0 Å². The molecule has 13 heavy (non-hydrogen) atoms. The normalized spacial score (nSPS) is 29.0. The molecule has 0 bridgehead atoms. The molecule has 1 aromatic heterocycles. The minimum atomic E-state index is 0.443. The Balaban J connectivity index is 2.02. The molecular formula is C9H15N3S. The average molecular weight is 197 g/mol. The molecule has 0 spiro atoms. The van der Waals surface area contributed by atoms with E-state index in [1.807, 2.05) is 0 Å². The van der Waals surface area contributed by atoms with Gasteiger partial charge in [-0.25, -0.2) is 4.98 Å². The summed E-state index contributed by atoms with van der Waals surface area (Å²) < 4.78 is 4.02. The van der Waals surface area contributed by atoms with Crippen LogP contribution in [0.1, 0.15) is 43.5 Å². The van der Waals surface area contributed by atoms with Crippen LogP contribution >= 0.6 is 11.5 Å². The van der Waals surface area contributed by atoms with Crippen LogP contribution in [-0.4, -0.2) is 9.36 Å². The first-order valence-corrected chi connectivity index (χ1v) is 5.62. The molecule has 0 saturated heterocycles. The maximum atomic E-state index is 5.50. The second kappa shape index (κ2) is 3.62. The fourth-order valence-corrected chi connectivity index (χ4v) is 2.67. The summed E-state index contributed by atoms with van der Waals surface area (Å²) in [6, 6.07) is 0. The van der Waals surface area contributed by atoms with E-state index in [0.29, 0.717) is 11.9 Å². The van der Waals surface area contributed by atoms with Gasteiger partial charge in [0, 0.05) is 5.92 Å². The number of rotatable bonds is 1. The largest absolute Gasteiger partial charge is 0.367 e. The molecule has 0 aliphatic heterocycles. The molecule has 2 N–H and O–H groups in total. The Morgan fingerprint density at radius 1 is 1.31 bits per heavy atom. The lowest BCUT2D eigenvalue weighted by molar-refractivity contribution is 0.347. The van der Waals surface area contributed by atoms with Gasteiger partial charge in [0.1, 0.15) is 5.01 Å². The lowest BCUT2D eigenvalue weighted by Crippen LogP contribution is -2.10. The Morgan fingerprint density at radius 2 is 2.00 bits per heavy atom. The number of hydrogen-bond donors (Lipinski definition) is 1. The molecule has 1 aromatic rings. The molecule has 1 heterocycles. The molecule has 1 fully saturated rings. The minimum Gasteiger partial charge on any atom is -0.367 e. The summed E-state index contributed by atoms with van der Waals surface area (Å²) in [5.74, 6) is 1.96. The van der Waals surface area contributed by atoms with E-state index in [-0.39, 0.29) is 0 Å². The number of hydrogen-bond acceptors (Lipinski definition) is 4. The van der Waals surface area contributed by atoms with Crippen molar-refractivity contribution in [2.24, 2.45) is 5.92 Å². The van der Waals surface area contributed by atoms with E-state index in [1.165, 1.54) is 37.2 Å². The van der Waals surface area contributed by atoms with Crippen molar-refractivity contribution in [3.8, 4) is 0 Å². The van der Waals surface area contributed by atoms with E-state index in [1.54, 1.807) is 0 Å². The van der Waals surface area contributed by atoms with Crippen molar-refractivity contribution in [3.05, 3.63) is 5.01 Å². The lowest BCUT2D eigenvalue weighted by Gasteiger charge is -2.23. The van der Waals surface area contributed by atoms with Crippen molar-refractivity contribution in [1.82, 2.24) is 9.36 Å². The van der Waals surface area contributed by atoms with Crippen molar-refractivity contribution in [1.29, 1.82) is 0 Å². The van der Waals surface area contributed by atoms with Crippen LogP contribution in [0.15, 0.2) is 0 Å². The third kappa shape index (κ3) is 1.99. The van der Waals surface area contributed by atoms with Gasteiger partial charge in [0.15, 0.2) is 0 Å². The molecule has 1 saturated carbocycles. The van der Waals surface area contributed by atoms with Gasteiger partial charge in [-0.15, -0.1) is 0 Å². The van der Waals surface area contributed by atoms with Crippen LogP contribution in [0, 0.1) is 5.92 Å². The zero-order valence-corrected chi connectivity index (χ0v) is 8.68. The molecule has 0 amide bonds. The van der Waals surface area contributed by atoms with E-state index in [9.17, 15) is 0 Å². The van der Waals surface area contributed by atoms with Crippen molar-refractivity contribution >= 4 is 17.5 Å². The third-order valence-electron chi connectivity index (χ3n) is 2.82. The van der Waals surface area contributed by atoms with Gasteiger partial charge in [-0.2, -0.15) is 4.37 Å². The van der Waals surface area contributed by atoms with Crippen molar-refractivity contribution in [3.63, 3.8) is 0 Å². The zero-order chi connectivity index (χ0) is 9.26. The summed E-state index contributed by atoms with van der Waals surface area (Å²) in [5.41, 5.74) is 5.50. The molecule has 4 heteroatoms. The van der Waals surface area contributed by atoms with Crippen LogP contribution in [0.3, 0.4) is 0 Å². The molecule has 72 valence electrons. The first-order valence-electron chi connectivity index (χ1n) is 4.85. The summed E-state index contributed by atoms with van der Waals surface area (Å²) in [5, 5.41) is 1.14. The lowest BCUT2D eigenvalue weighted by atomic mass is 9.83. The topological polar surface area (TPSA) is 51.8 Å². The van der Waals surface area contributed by atoms with Gasteiger partial charge in [-0.05, 0) is 30.3 Å². The fraction of sp³-hybridized carbons (Fsp3) is 0.778. The minimum absolute atomic E-state index is 0.443. The summed E-state index contributed by atoms with van der Waals surface area (Å²) >= 11 is 1.47. The Bertz CT molecular complexity index is 276. The van der Waals surface area contributed by atoms with Crippen LogP contribution in [0.25, 0.3) is 0 Å². The first-order chi connectivity index (χ1) is 6.25. The molecule has 1 aliphatic rings. The van der Waals surface area contributed by atoms with Crippen LogP contribution in [0.4, 0.5) is 5.95 Å². The predicted octanol–water partition coefficient (Wildman–Crippen LogP) is 2.41. The van der Waals surface area contributed by atoms with Gasteiger partial charge in [0.05, 0.1) is 0 Å². The number of aromatic nitrogens is 2. The highest BCUT2D eigenvalue weighted by Crippen LogP contribution is 2.36. The highest BCUT2D eigenvalue weighted by atomic mass is 32.1. The average Bonchev–Trinajstić information content (AvgIpc) is 2.53. The molecule has 0 unspecified atom stereocenters. The van der Waals surface area contributed by atoms with Gasteiger partial charge in [0.2, 0.25) is 5.95 Å². The molecule has 0 radical (unpaired) electrons. The van der Waals surface area contributed by atoms with Crippen LogP contribution in [0.5, 0.6) is 0 Å². The van der Waals surface area contributed by atoms with Gasteiger partial charge >= 0.3 is 0 Å². The van der Waals surface area contributed by atoms with Crippen molar-refractivity contribution in [2.45, 2.75) is 38.5 Å². The van der Waals surface area contributed by atoms with E-state index in [2.05, 4.69) is 16.3 Å². The van der Waals surface area contributed by atoms with E-state index in [4.69, 9.17) is 5.73 Å². The van der Waals surface area contributed by atoms with E-state index < -0.39 is 0 Å². The summed E-state index contributed by atoms with van der Waals surface area (Å²) in [6.07, 6.45) is 5.17. The maximum absolute atomic E-state index is 5.50. The number of nitrogens with zero attached hydrogens (tertiary/aromatic N) is 2. The summed E-state index contributed by atoms with van der Waals surface area (Å²) in [6.45, 7) is 2.32. The standard InChI is InChI=1S/C9H15N3S/c1-6-2-4-7(5-3-6)8-11-9(10)12-13-8/h6-7H,2-5H2,1H3,(H2,10,12). The highest BCUT2D eigenvalue weighted by Gasteiger charge is 2.22. The first kappa shape index (κ1) is 8.94. The molecule has 2 rings (SSSR count). The molecule has 0 aromatic carbocycles. The zero-order valence-electron chi connectivity index (χ0n) is 7.86. The predicted molar refractivity (Wildman–Crippen MR) is 54.7 cm³/mol. The number of nitrogen functional groups attached to an aromatic ring is 1. The summed E-state index contributed by atoms with van der Waals surface area (Å²) in [4.78, 5) is 4.24. The van der Waals surface area contributed by atoms with Crippen LogP contribution in [-0.2, 0) is 0 Å². The smallest absolute Gasteiger partial charge is 0.232 e. The maximum Gasteiger partial charge on any atom is 0.232 e. The number of nitrogens with two attached hydrogens (primary N) is 1. The highest BCUT2D eigenvalue weighted by molar-refractivity contribution is 7.05. The molecule has 1 aliphatic carbocycles. The van der Waals surface area contributed by atoms with Crippen molar-refractivity contribution < 1.29 is 0 Å². The summed E-state index contributed by atoms with van der Waals surface area (Å²) in [7, 11) is 0. The van der Waals surface area contributed by atoms with Crippen molar-refractivity contribution in [2.75, 3.05) is 5.73 Å². The van der Waals surface area contributed by atoms with Gasteiger partial charge in [0.25, 0.3) is 0 Å². The Kier molecular flexibility index (Phi) is 2.49. The van der Waals surface area contributed by atoms with Crippen LogP contribution in [0.2, 0.25) is 0 Å². The molecule has 0 atom stereocenters. The van der Waals surface area contributed by atoms with E-state index >= 15 is 0 Å². The van der Waals surface area contributed by atoms with E-state index in [0.717, 1.165) is 10.9 Å². The fourth-order valence-electron chi connectivity index (χ4n) is 1.92. The van der Waals surface area contributed by atoms with Gasteiger partial charge < -0.3 is 5.73 Å². The quantitative estimate of drug-likeness (QED) is 0.752. The molecule has 3 nitrogen and oxygen atoms in total.